The Morgan fingerprint density at radius 3 is 2.41 bits per heavy atom. The first-order chi connectivity index (χ1) is 13.6. The fourth-order valence-electron chi connectivity index (χ4n) is 3.30. The number of anilines is 2. The molecule has 29 heavy (non-hydrogen) atoms. The van der Waals surface area contributed by atoms with E-state index in [1.54, 1.807) is 43.3 Å². The molecule has 3 rings (SSSR count). The summed E-state index contributed by atoms with van der Waals surface area (Å²) in [5.41, 5.74) is 2.03. The highest BCUT2D eigenvalue weighted by atomic mass is 35.5. The summed E-state index contributed by atoms with van der Waals surface area (Å²) in [5, 5.41) is 13.2. The summed E-state index contributed by atoms with van der Waals surface area (Å²) in [6.07, 6.45) is -1.12. The number of halogens is 2. The van der Waals surface area contributed by atoms with Crippen LogP contribution in [0.5, 0.6) is 0 Å². The van der Waals surface area contributed by atoms with Gasteiger partial charge in [0.25, 0.3) is 0 Å². The van der Waals surface area contributed by atoms with Crippen molar-refractivity contribution in [2.45, 2.75) is 13.0 Å². The van der Waals surface area contributed by atoms with Gasteiger partial charge in [-0.15, -0.1) is 12.4 Å². The summed E-state index contributed by atoms with van der Waals surface area (Å²) in [6, 6.07) is 13.9. The maximum absolute atomic E-state index is 13.9. The van der Waals surface area contributed by atoms with Gasteiger partial charge in [0.05, 0.1) is 18.4 Å². The molecule has 0 aliphatic carbocycles. The molecule has 2 aromatic rings. The van der Waals surface area contributed by atoms with Crippen molar-refractivity contribution in [3.63, 3.8) is 0 Å². The van der Waals surface area contributed by atoms with E-state index in [0.29, 0.717) is 24.5 Å². The van der Waals surface area contributed by atoms with Gasteiger partial charge in [0.15, 0.2) is 0 Å². The van der Waals surface area contributed by atoms with Crippen LogP contribution in [-0.2, 0) is 4.74 Å². The standard InChI is InChI=1S/C21H26FN3O3.ClH/c1-2-28-21(27)23-17-9-7-16(8-10-17)20(26)15-24-11-13-25(14-12-24)19-6-4-3-5-18(19)22;/h3-10,20,26H,2,11-15H2,1H3,(H,23,27);1H. The van der Waals surface area contributed by atoms with Gasteiger partial charge in [-0.2, -0.15) is 0 Å². The Balaban J connectivity index is 0.00000300. The third-order valence-electron chi connectivity index (χ3n) is 4.81. The number of hydrogen-bond acceptors (Lipinski definition) is 5. The lowest BCUT2D eigenvalue weighted by Gasteiger charge is -2.37. The van der Waals surface area contributed by atoms with Crippen LogP contribution in [-0.4, -0.2) is 55.4 Å². The van der Waals surface area contributed by atoms with Gasteiger partial charge in [-0.05, 0) is 36.8 Å². The minimum Gasteiger partial charge on any atom is -0.450 e. The molecule has 0 radical (unpaired) electrons. The Bertz CT molecular complexity index is 783. The number of amides is 1. The molecule has 1 atom stereocenters. The van der Waals surface area contributed by atoms with Crippen LogP contribution in [0.2, 0.25) is 0 Å². The molecule has 1 fully saturated rings. The molecule has 158 valence electrons. The number of carbonyl (C=O) groups excluding carboxylic acids is 1. The quantitative estimate of drug-likeness (QED) is 0.742. The molecule has 1 aliphatic rings. The Hall–Kier alpha value is -2.35. The summed E-state index contributed by atoms with van der Waals surface area (Å²) >= 11 is 0. The first-order valence-corrected chi connectivity index (χ1v) is 9.50. The van der Waals surface area contributed by atoms with Gasteiger partial charge in [0.2, 0.25) is 0 Å². The lowest BCUT2D eigenvalue weighted by Crippen LogP contribution is -2.47. The molecule has 2 N–H and O–H groups in total. The molecule has 0 bridgehead atoms. The molecule has 8 heteroatoms. The van der Waals surface area contributed by atoms with Gasteiger partial charge < -0.3 is 14.7 Å². The van der Waals surface area contributed by atoms with Crippen molar-refractivity contribution >= 4 is 29.9 Å². The van der Waals surface area contributed by atoms with Crippen LogP contribution < -0.4 is 10.2 Å². The van der Waals surface area contributed by atoms with E-state index < -0.39 is 12.2 Å². The van der Waals surface area contributed by atoms with Crippen molar-refractivity contribution in [2.75, 3.05) is 49.5 Å². The molecule has 1 unspecified atom stereocenters. The monoisotopic (exact) mass is 423 g/mol. The number of para-hydroxylation sites is 1. The predicted molar refractivity (Wildman–Crippen MR) is 114 cm³/mol. The molecule has 6 nitrogen and oxygen atoms in total. The minimum atomic E-state index is -0.628. The largest absolute Gasteiger partial charge is 0.450 e. The zero-order valence-corrected chi connectivity index (χ0v) is 17.2. The van der Waals surface area contributed by atoms with Crippen LogP contribution in [0, 0.1) is 5.82 Å². The molecule has 1 saturated heterocycles. The highest BCUT2D eigenvalue weighted by Gasteiger charge is 2.21. The maximum atomic E-state index is 13.9. The Kier molecular flexibility index (Phi) is 8.70. The van der Waals surface area contributed by atoms with E-state index in [1.807, 2.05) is 11.0 Å². The molecule has 0 aromatic heterocycles. The predicted octanol–water partition coefficient (Wildman–Crippen LogP) is 3.67. The Morgan fingerprint density at radius 2 is 1.79 bits per heavy atom. The van der Waals surface area contributed by atoms with Gasteiger partial charge in [-0.3, -0.25) is 10.2 Å². The maximum Gasteiger partial charge on any atom is 0.411 e. The van der Waals surface area contributed by atoms with Gasteiger partial charge in [0.1, 0.15) is 5.82 Å². The van der Waals surface area contributed by atoms with E-state index in [0.717, 1.165) is 31.7 Å². The molecule has 0 saturated carbocycles. The zero-order chi connectivity index (χ0) is 19.9. The fraction of sp³-hybridized carbons (Fsp3) is 0.381. The average molecular weight is 424 g/mol. The van der Waals surface area contributed by atoms with Crippen molar-refractivity contribution in [1.82, 2.24) is 4.90 Å². The van der Waals surface area contributed by atoms with E-state index >= 15 is 0 Å². The number of rotatable bonds is 6. The van der Waals surface area contributed by atoms with Gasteiger partial charge in [-0.25, -0.2) is 9.18 Å². The topological polar surface area (TPSA) is 65.0 Å². The lowest BCUT2D eigenvalue weighted by atomic mass is 10.1. The van der Waals surface area contributed by atoms with Gasteiger partial charge in [0, 0.05) is 38.4 Å². The van der Waals surface area contributed by atoms with E-state index in [4.69, 9.17) is 4.74 Å². The smallest absolute Gasteiger partial charge is 0.411 e. The van der Waals surface area contributed by atoms with Crippen molar-refractivity contribution < 1.29 is 19.0 Å². The summed E-state index contributed by atoms with van der Waals surface area (Å²) in [4.78, 5) is 15.6. The van der Waals surface area contributed by atoms with E-state index in [-0.39, 0.29) is 18.2 Å². The fourth-order valence-corrected chi connectivity index (χ4v) is 3.30. The number of ether oxygens (including phenoxy) is 1. The third-order valence-corrected chi connectivity index (χ3v) is 4.81. The van der Waals surface area contributed by atoms with Gasteiger partial charge >= 0.3 is 6.09 Å². The normalized spacial score (nSPS) is 15.3. The number of benzene rings is 2. The number of aliphatic hydroxyl groups excluding tert-OH is 1. The van der Waals surface area contributed by atoms with Crippen LogP contribution >= 0.6 is 12.4 Å². The van der Waals surface area contributed by atoms with Crippen LogP contribution in [0.25, 0.3) is 0 Å². The lowest BCUT2D eigenvalue weighted by molar-refractivity contribution is 0.109. The molecule has 1 heterocycles. The van der Waals surface area contributed by atoms with Gasteiger partial charge in [-0.1, -0.05) is 24.3 Å². The van der Waals surface area contributed by atoms with Crippen LogP contribution in [0.15, 0.2) is 48.5 Å². The second kappa shape index (κ2) is 11.0. The number of aliphatic hydroxyl groups is 1. The Labute approximate surface area is 176 Å². The SMILES string of the molecule is CCOC(=O)Nc1ccc(C(O)CN2CCN(c3ccccc3F)CC2)cc1.Cl. The highest BCUT2D eigenvalue weighted by molar-refractivity contribution is 5.85. The van der Waals surface area contributed by atoms with E-state index in [9.17, 15) is 14.3 Å². The number of nitrogens with one attached hydrogen (secondary N) is 1. The Morgan fingerprint density at radius 1 is 1.14 bits per heavy atom. The molecule has 2 aromatic carbocycles. The molecule has 0 spiro atoms. The van der Waals surface area contributed by atoms with Crippen molar-refractivity contribution in [2.24, 2.45) is 0 Å². The number of β-amino-alcohol motifs (C(OH)–C–C–N with tert-alkyl or cyclic N) is 1. The number of hydrogen-bond donors (Lipinski definition) is 2. The highest BCUT2D eigenvalue weighted by Crippen LogP contribution is 2.22. The number of nitrogens with zero attached hydrogens (tertiary/aromatic N) is 2. The molecule has 1 aliphatic heterocycles. The minimum absolute atomic E-state index is 0. The van der Waals surface area contributed by atoms with Crippen LogP contribution in [0.3, 0.4) is 0 Å². The van der Waals surface area contributed by atoms with Crippen molar-refractivity contribution in [1.29, 1.82) is 0 Å². The van der Waals surface area contributed by atoms with E-state index in [1.165, 1.54) is 6.07 Å². The molecule has 1 amide bonds. The molecular weight excluding hydrogens is 397 g/mol. The third kappa shape index (κ3) is 6.32. The van der Waals surface area contributed by atoms with E-state index in [2.05, 4.69) is 10.2 Å². The zero-order valence-electron chi connectivity index (χ0n) is 16.4. The summed E-state index contributed by atoms with van der Waals surface area (Å²) in [5.74, 6) is -0.201. The summed E-state index contributed by atoms with van der Waals surface area (Å²) < 4.78 is 18.8. The first kappa shape index (κ1) is 22.9. The summed E-state index contributed by atoms with van der Waals surface area (Å²) in [6.45, 7) is 5.52. The van der Waals surface area contributed by atoms with Crippen LogP contribution in [0.4, 0.5) is 20.6 Å². The average Bonchev–Trinajstić information content (AvgIpc) is 2.70. The second-order valence-corrected chi connectivity index (χ2v) is 6.72. The van der Waals surface area contributed by atoms with Crippen molar-refractivity contribution in [3.05, 3.63) is 59.9 Å². The second-order valence-electron chi connectivity index (χ2n) is 6.72. The first-order valence-electron chi connectivity index (χ1n) is 9.50. The molecular formula is C21H27ClFN3O3. The van der Waals surface area contributed by atoms with Crippen LogP contribution in [0.1, 0.15) is 18.6 Å². The number of piperazine rings is 1. The van der Waals surface area contributed by atoms with Crippen molar-refractivity contribution in [3.8, 4) is 0 Å². The summed E-state index contributed by atoms with van der Waals surface area (Å²) in [7, 11) is 0. The number of carbonyl (C=O) groups is 1.